The zero-order chi connectivity index (χ0) is 69.3. The lowest BCUT2D eigenvalue weighted by molar-refractivity contribution is -0.146. The van der Waals surface area contributed by atoms with E-state index >= 15 is 0 Å². The summed E-state index contributed by atoms with van der Waals surface area (Å²) in [5, 5.41) is 0.773. The highest BCUT2D eigenvalue weighted by Crippen LogP contribution is 2.56. The Balaban J connectivity index is 0.000000230. The number of hydrogen-bond donors (Lipinski definition) is 0. The Bertz CT molecular complexity index is 1890. The van der Waals surface area contributed by atoms with Crippen molar-refractivity contribution in [3.63, 3.8) is 0 Å². The van der Waals surface area contributed by atoms with E-state index in [-0.39, 0.29) is 11.8 Å². The molecule has 542 valence electrons. The van der Waals surface area contributed by atoms with Crippen LogP contribution in [0, 0.1) is 59.3 Å². The first-order valence-corrected chi connectivity index (χ1v) is 39.8. The molecular weight excluding hydrogens is 1160 g/mol. The number of hydrogen-bond acceptors (Lipinski definition) is 12. The predicted molar refractivity (Wildman–Crippen MR) is 398 cm³/mol. The quantitative estimate of drug-likeness (QED) is 0.0970. The van der Waals surface area contributed by atoms with E-state index in [9.17, 15) is 0 Å². The van der Waals surface area contributed by atoms with Crippen molar-refractivity contribution < 1.29 is 18.9 Å². The lowest BCUT2D eigenvalue weighted by Gasteiger charge is -2.40. The normalized spacial score (nSPS) is 30.7. The molecule has 10 rings (SSSR count). The fourth-order valence-electron chi connectivity index (χ4n) is 17.9. The van der Waals surface area contributed by atoms with Gasteiger partial charge in [0, 0.05) is 130 Å². The van der Waals surface area contributed by atoms with Gasteiger partial charge in [-0.3, -0.25) is 34.3 Å². The molecule has 10 fully saturated rings. The highest BCUT2D eigenvalue weighted by Gasteiger charge is 2.53. The maximum atomic E-state index is 7.06. The van der Waals surface area contributed by atoms with Crippen LogP contribution in [-0.4, -0.2) is 221 Å². The Labute approximate surface area is 577 Å². The van der Waals surface area contributed by atoms with Crippen molar-refractivity contribution in [3.8, 4) is 0 Å². The number of rotatable bonds is 18. The van der Waals surface area contributed by atoms with E-state index in [2.05, 4.69) is 245 Å². The highest BCUT2D eigenvalue weighted by atomic mass is 32.2. The number of fused-ring (bicyclic) bond motifs is 2. The Morgan fingerprint density at radius 2 is 0.978 bits per heavy atom. The van der Waals surface area contributed by atoms with Crippen molar-refractivity contribution in [1.82, 2.24) is 34.3 Å². The van der Waals surface area contributed by atoms with Crippen molar-refractivity contribution in [3.05, 3.63) is 11.4 Å². The third kappa shape index (κ3) is 24.3. The third-order valence-electron chi connectivity index (χ3n) is 22.9. The van der Waals surface area contributed by atoms with Gasteiger partial charge in [0.25, 0.3) is 0 Å². The molecule has 2 aliphatic carbocycles. The molecule has 0 aromatic rings. The summed E-state index contributed by atoms with van der Waals surface area (Å²) in [6.45, 7) is 81.6. The van der Waals surface area contributed by atoms with E-state index in [1.165, 1.54) is 83.2 Å². The minimum absolute atomic E-state index is 0.245. The molecule has 11 atom stereocenters. The van der Waals surface area contributed by atoms with Gasteiger partial charge < -0.3 is 23.8 Å². The van der Waals surface area contributed by atoms with Gasteiger partial charge in [-0.15, -0.1) is 11.8 Å². The molecule has 0 N–H and O–H groups in total. The highest BCUT2D eigenvalue weighted by molar-refractivity contribution is 8.00. The first kappa shape index (κ1) is 83.8. The molecule has 2 spiro atoms. The molecule has 10 aliphatic rings. The Hall–Kier alpha value is -0.600. The summed E-state index contributed by atoms with van der Waals surface area (Å²) < 4.78 is 22.4. The third-order valence-corrected chi connectivity index (χ3v) is 24.5. The van der Waals surface area contributed by atoms with Gasteiger partial charge in [0.15, 0.2) is 5.79 Å². The van der Waals surface area contributed by atoms with Crippen molar-refractivity contribution >= 4 is 11.8 Å². The monoisotopic (exact) mass is 1310 g/mol. The van der Waals surface area contributed by atoms with Gasteiger partial charge in [-0.2, -0.15) is 0 Å². The second kappa shape index (κ2) is 39.4. The van der Waals surface area contributed by atoms with Gasteiger partial charge in [-0.05, 0) is 214 Å². The molecule has 2 saturated carbocycles. The summed E-state index contributed by atoms with van der Waals surface area (Å²) in [4.78, 5) is 22.0. The van der Waals surface area contributed by atoms with E-state index in [4.69, 9.17) is 25.5 Å². The summed E-state index contributed by atoms with van der Waals surface area (Å²) in [5.41, 5.74) is 0.777. The van der Waals surface area contributed by atoms with E-state index in [0.29, 0.717) is 66.7 Å². The van der Waals surface area contributed by atoms with Crippen LogP contribution in [-0.2, 0) is 18.9 Å². The first-order valence-electron chi connectivity index (χ1n) is 38.7. The van der Waals surface area contributed by atoms with Crippen molar-refractivity contribution in [2.75, 3.05) is 78.6 Å². The molecular formula is C79H156N8O4S. The molecule has 0 amide bonds. The first-order chi connectivity index (χ1) is 43.1. The van der Waals surface area contributed by atoms with Gasteiger partial charge in [0.2, 0.25) is 6.04 Å². The van der Waals surface area contributed by atoms with Crippen LogP contribution in [0.5, 0.6) is 0 Å². The summed E-state index contributed by atoms with van der Waals surface area (Å²) in [7, 11) is 1.72. The lowest BCUT2D eigenvalue weighted by atomic mass is 9.89. The van der Waals surface area contributed by atoms with Crippen LogP contribution in [0.3, 0.4) is 0 Å². The summed E-state index contributed by atoms with van der Waals surface area (Å²) >= 11 is 2.11. The van der Waals surface area contributed by atoms with Gasteiger partial charge in [-0.1, -0.05) is 96.9 Å². The fourth-order valence-corrected chi connectivity index (χ4v) is 19.4. The van der Waals surface area contributed by atoms with Crippen molar-refractivity contribution in [2.45, 2.75) is 372 Å². The predicted octanol–water partition coefficient (Wildman–Crippen LogP) is 17.2. The van der Waals surface area contributed by atoms with Crippen LogP contribution >= 0.6 is 11.8 Å². The smallest absolute Gasteiger partial charge is 0.237 e. The van der Waals surface area contributed by atoms with E-state index in [0.717, 1.165) is 141 Å². The van der Waals surface area contributed by atoms with Gasteiger partial charge in [0.1, 0.15) is 0 Å². The Morgan fingerprint density at radius 1 is 0.478 bits per heavy atom. The van der Waals surface area contributed by atoms with Crippen LogP contribution in [0.15, 0.2) is 0 Å². The van der Waals surface area contributed by atoms with Crippen LogP contribution in [0.4, 0.5) is 0 Å². The van der Waals surface area contributed by atoms with Crippen molar-refractivity contribution in [2.24, 2.45) is 52.8 Å². The van der Waals surface area contributed by atoms with E-state index in [1.807, 2.05) is 0 Å². The Kier molecular flexibility index (Phi) is 35.9. The molecule has 0 aromatic carbocycles. The average Bonchev–Trinajstić information content (AvgIpc) is 1.61. The molecule has 12 nitrogen and oxygen atoms in total. The molecule has 92 heavy (non-hydrogen) atoms. The van der Waals surface area contributed by atoms with Crippen LogP contribution < -0.4 is 0 Å². The van der Waals surface area contributed by atoms with Crippen molar-refractivity contribution in [1.29, 1.82) is 0 Å². The van der Waals surface area contributed by atoms with E-state index < -0.39 is 0 Å². The molecule has 2 bridgehead atoms. The number of nitrogens with zero attached hydrogens (tertiary/aromatic N) is 8. The molecule has 8 saturated heterocycles. The zero-order valence-corrected chi connectivity index (χ0v) is 66.9. The van der Waals surface area contributed by atoms with Gasteiger partial charge in [-0.25, -0.2) is 6.57 Å². The minimum atomic E-state index is -0.279. The number of likely N-dealkylation sites (tertiary alicyclic amines) is 6. The summed E-state index contributed by atoms with van der Waals surface area (Å²) in [6, 6.07) is 10.4. The summed E-state index contributed by atoms with van der Waals surface area (Å²) in [5.74, 6) is 7.42. The van der Waals surface area contributed by atoms with Gasteiger partial charge in [0.05, 0.1) is 51.0 Å². The van der Waals surface area contributed by atoms with E-state index in [1.54, 1.807) is 7.11 Å². The maximum Gasteiger partial charge on any atom is 0.237 e. The molecule has 8 aliphatic heterocycles. The fraction of sp³-hybridized carbons (Fsp3) is 0.987. The SMILES string of the molecule is CC(C)[C@@H]1CC2(CC2)CN1C(C)C.CC(C)[C@@H]1CC2(CN1C(C)C)OCCO2.CC(C)[C@@H]1CCCN1C(C)C.CC(C)[C@@H]1SCCN1C(C)C.CC(C)[C@@H]1[C@H]2CC[C@H](C2)N1C(C)C.COCCO[C@H]1C[C@@H](C(C)C)N(C(C)C)C1.[C-]#[N+]C1C[C@@H](C(C)C)N(C(C)C)C1. The molecule has 0 radical (unpaired) electrons. The molecule has 0 aromatic heterocycles. The second-order valence-corrected chi connectivity index (χ2v) is 36.0. The average molecular weight is 1310 g/mol. The molecule has 8 heterocycles. The summed E-state index contributed by atoms with van der Waals surface area (Å²) in [6.07, 6.45) is 15.4. The Morgan fingerprint density at radius 3 is 1.36 bits per heavy atom. The largest absolute Gasteiger partial charge is 0.382 e. The number of thioether (sulfide) groups is 1. The van der Waals surface area contributed by atoms with Crippen LogP contribution in [0.1, 0.15) is 264 Å². The number of piperidine rings is 1. The number of ether oxygens (including phenoxy) is 4. The minimum Gasteiger partial charge on any atom is -0.382 e. The van der Waals surface area contributed by atoms with Gasteiger partial charge >= 0.3 is 0 Å². The molecule has 1 unspecified atom stereocenters. The number of methoxy groups -OCH3 is 1. The van der Waals surface area contributed by atoms with Crippen LogP contribution in [0.25, 0.3) is 4.85 Å². The zero-order valence-electron chi connectivity index (χ0n) is 66.1. The topological polar surface area (TPSA) is 64.0 Å². The second-order valence-electron chi connectivity index (χ2n) is 34.7. The molecule has 13 heteroatoms. The lowest BCUT2D eigenvalue weighted by Crippen LogP contribution is -2.47. The maximum absolute atomic E-state index is 7.06. The van der Waals surface area contributed by atoms with Crippen LogP contribution in [0.2, 0.25) is 0 Å². The standard InChI is InChI=1S/C13H27NO2.C12H23NO2.2C12H23N.C11H20N2.C10H21N.C9H19NS/c1-10(2)13-8-12(16-7-6-15-5)9-14(13)11(3)4;1-9(2)11-7-12(14-5-6-15-12)8-13(11)10(3)4;1-9(2)11-7-12(5-6-12)8-13(11)10(3)4;1-8(2)12-10-5-6-11(7-10)13(12)9(3)4;1-8(2)11-6-10(12-5)7-13(11)9(3)4;1-8(2)10-6-5-7-11(10)9(3)4;1-7(2)9-10(8(3)4)5-6-11-9/h10-13H,6-9H2,1-5H3;9-11H,5-8H2,1-4H3;9-11H,5-8H2,1-4H3;8-12H,5-7H2,1-4H3;8-11H,6-7H2,1-4H3;8-10H,5-7H2,1-4H3;7-9H,5-6H2,1-4H3/t12-,13-;2*11-;10-,11+,12+;10?,11-;10-;9-/m0000000/s1.